The van der Waals surface area contributed by atoms with Gasteiger partial charge in [0.05, 0.1) is 26.0 Å². The van der Waals surface area contributed by atoms with Gasteiger partial charge in [0.15, 0.2) is 18.9 Å². The van der Waals surface area contributed by atoms with E-state index in [0.29, 0.717) is 27.9 Å². The summed E-state index contributed by atoms with van der Waals surface area (Å²) in [6.07, 6.45) is 4.70. The van der Waals surface area contributed by atoms with Crippen molar-refractivity contribution in [3.63, 3.8) is 0 Å². The second-order valence-electron chi connectivity index (χ2n) is 6.75. The number of benzene rings is 2. The van der Waals surface area contributed by atoms with E-state index in [2.05, 4.69) is 10.5 Å². The molecule has 1 N–H and O–H groups in total. The highest BCUT2D eigenvalue weighted by Gasteiger charge is 2.20. The second kappa shape index (κ2) is 10.2. The Bertz CT molecular complexity index is 1220. The molecule has 0 aliphatic carbocycles. The third-order valence-electron chi connectivity index (χ3n) is 4.61. The molecule has 164 valence electrons. The van der Waals surface area contributed by atoms with Crippen LogP contribution in [0.25, 0.3) is 0 Å². The largest absolute Gasteiger partial charge is 0.301 e. The summed E-state index contributed by atoms with van der Waals surface area (Å²) in [6, 6.07) is 12.2. The fraction of sp³-hybridized carbons (Fsp3) is 0.143. The number of aromatic nitrogens is 1. The minimum atomic E-state index is -0.705. The molecule has 0 amide bonds. The molecular formula is C21H18Cl2N5O4+. The Balaban J connectivity index is 2.02. The minimum Gasteiger partial charge on any atom is -0.271 e. The third kappa shape index (κ3) is 5.57. The van der Waals surface area contributed by atoms with Gasteiger partial charge in [-0.1, -0.05) is 36.2 Å². The van der Waals surface area contributed by atoms with Gasteiger partial charge in [0.2, 0.25) is 0 Å². The van der Waals surface area contributed by atoms with Crippen LogP contribution in [0.2, 0.25) is 10.0 Å². The Morgan fingerprint density at radius 3 is 2.50 bits per heavy atom. The van der Waals surface area contributed by atoms with Gasteiger partial charge in [-0.05, 0) is 30.7 Å². The van der Waals surface area contributed by atoms with Gasteiger partial charge in [0.1, 0.15) is 11.4 Å². The molecule has 11 heteroatoms. The van der Waals surface area contributed by atoms with Crippen molar-refractivity contribution in [1.29, 1.82) is 0 Å². The van der Waals surface area contributed by atoms with Gasteiger partial charge < -0.3 is 0 Å². The number of nitro benzene ring substituents is 2. The Kier molecular flexibility index (Phi) is 7.34. The molecule has 9 nitrogen and oxygen atoms in total. The highest BCUT2D eigenvalue weighted by atomic mass is 35.5. The monoisotopic (exact) mass is 474 g/mol. The molecule has 3 rings (SSSR count). The maximum absolute atomic E-state index is 11.4. The Morgan fingerprint density at radius 1 is 1.06 bits per heavy atom. The molecule has 0 spiro atoms. The lowest BCUT2D eigenvalue weighted by Crippen LogP contribution is -2.38. The van der Waals surface area contributed by atoms with E-state index in [9.17, 15) is 20.2 Å². The van der Waals surface area contributed by atoms with Gasteiger partial charge in [-0.25, -0.2) is 0 Å². The van der Waals surface area contributed by atoms with Crippen molar-refractivity contribution in [2.45, 2.75) is 19.9 Å². The van der Waals surface area contributed by atoms with Gasteiger partial charge >= 0.3 is 5.69 Å². The van der Waals surface area contributed by atoms with Crippen molar-refractivity contribution in [3.05, 3.63) is 102 Å². The van der Waals surface area contributed by atoms with Crippen molar-refractivity contribution in [3.8, 4) is 0 Å². The average molecular weight is 475 g/mol. The van der Waals surface area contributed by atoms with E-state index in [1.807, 2.05) is 36.0 Å². The number of hydrogen-bond acceptors (Lipinski definition) is 6. The summed E-state index contributed by atoms with van der Waals surface area (Å²) in [5.74, 6) is 0. The third-order valence-corrected chi connectivity index (χ3v) is 5.35. The lowest BCUT2D eigenvalue weighted by Gasteiger charge is -2.08. The molecule has 1 heterocycles. The first-order chi connectivity index (χ1) is 15.3. The van der Waals surface area contributed by atoms with Crippen LogP contribution in [0.4, 0.5) is 17.1 Å². The molecular weight excluding hydrogens is 457 g/mol. The van der Waals surface area contributed by atoms with Gasteiger partial charge in [-0.2, -0.15) is 9.67 Å². The molecule has 0 saturated heterocycles. The van der Waals surface area contributed by atoms with E-state index >= 15 is 0 Å². The lowest BCUT2D eigenvalue weighted by atomic mass is 10.1. The summed E-state index contributed by atoms with van der Waals surface area (Å²) >= 11 is 12.2. The molecule has 0 fully saturated rings. The smallest absolute Gasteiger partial charge is 0.271 e. The summed E-state index contributed by atoms with van der Waals surface area (Å²) < 4.78 is 1.92. The summed E-state index contributed by atoms with van der Waals surface area (Å²) in [7, 11) is 0. The van der Waals surface area contributed by atoms with Crippen LogP contribution in [-0.2, 0) is 13.0 Å². The number of anilines is 1. The number of nitrogens with one attached hydrogen (secondary N) is 1. The lowest BCUT2D eigenvalue weighted by molar-refractivity contribution is -0.682. The number of halogens is 2. The minimum absolute atomic E-state index is 0.0190. The van der Waals surface area contributed by atoms with Crippen molar-refractivity contribution in [2.24, 2.45) is 5.10 Å². The van der Waals surface area contributed by atoms with Crippen molar-refractivity contribution in [2.75, 3.05) is 5.43 Å². The zero-order valence-electron chi connectivity index (χ0n) is 16.9. The normalized spacial score (nSPS) is 11.3. The van der Waals surface area contributed by atoms with E-state index in [1.54, 1.807) is 18.2 Å². The quantitative estimate of drug-likeness (QED) is 0.209. The first kappa shape index (κ1) is 23.1. The van der Waals surface area contributed by atoms with Crippen LogP contribution in [-0.4, -0.2) is 15.6 Å². The number of aryl methyl sites for hydroxylation is 1. The van der Waals surface area contributed by atoms with Gasteiger partial charge in [-0.3, -0.25) is 25.7 Å². The fourth-order valence-corrected chi connectivity index (χ4v) is 3.23. The highest BCUT2D eigenvalue weighted by molar-refractivity contribution is 6.42. The number of non-ortho nitro benzene ring substituents is 1. The van der Waals surface area contributed by atoms with E-state index in [0.717, 1.165) is 18.1 Å². The molecule has 0 aliphatic rings. The number of rotatable bonds is 8. The molecule has 0 saturated carbocycles. The fourth-order valence-electron chi connectivity index (χ4n) is 2.93. The van der Waals surface area contributed by atoms with E-state index in [4.69, 9.17) is 23.2 Å². The van der Waals surface area contributed by atoms with Crippen LogP contribution in [0.15, 0.2) is 66.0 Å². The van der Waals surface area contributed by atoms with Gasteiger partial charge in [-0.15, -0.1) is 0 Å². The Labute approximate surface area is 193 Å². The van der Waals surface area contributed by atoms with E-state index in [-0.39, 0.29) is 11.4 Å². The molecule has 32 heavy (non-hydrogen) atoms. The number of nitro groups is 2. The molecule has 0 bridgehead atoms. The standard InChI is InChI=1S/C21H18Cl2N5O4/c1-2-14-4-3-9-26(12-14)13-20(15-5-7-17(22)18(23)10-15)25-24-19-8-6-16(27(29)30)11-21(19)28(31)32/h3-12,24H,2,13H2,1H3/q+1/b25-20-. The molecule has 0 atom stereocenters. The summed E-state index contributed by atoms with van der Waals surface area (Å²) in [5.41, 5.74) is 4.15. The zero-order valence-corrected chi connectivity index (χ0v) is 18.4. The predicted molar refractivity (Wildman–Crippen MR) is 122 cm³/mol. The summed E-state index contributed by atoms with van der Waals surface area (Å²) in [5, 5.41) is 27.5. The zero-order chi connectivity index (χ0) is 23.3. The number of pyridine rings is 1. The number of hydrazone groups is 1. The van der Waals surface area contributed by atoms with E-state index < -0.39 is 15.5 Å². The van der Waals surface area contributed by atoms with Crippen LogP contribution in [0.1, 0.15) is 18.1 Å². The summed E-state index contributed by atoms with van der Waals surface area (Å²) in [6.45, 7) is 2.38. The molecule has 2 aromatic carbocycles. The van der Waals surface area contributed by atoms with Crippen LogP contribution < -0.4 is 9.99 Å². The van der Waals surface area contributed by atoms with Crippen molar-refractivity contribution in [1.82, 2.24) is 0 Å². The van der Waals surface area contributed by atoms with Crippen LogP contribution in [0.5, 0.6) is 0 Å². The van der Waals surface area contributed by atoms with Crippen LogP contribution in [0, 0.1) is 20.2 Å². The van der Waals surface area contributed by atoms with Crippen molar-refractivity contribution >= 4 is 46.0 Å². The topological polar surface area (TPSA) is 115 Å². The Hall–Kier alpha value is -3.56. The highest BCUT2D eigenvalue weighted by Crippen LogP contribution is 2.29. The molecule has 3 aromatic rings. The molecule has 1 aromatic heterocycles. The summed E-state index contributed by atoms with van der Waals surface area (Å²) in [4.78, 5) is 21.0. The SMILES string of the molecule is CCc1ccc[n+](C/C(=N/Nc2ccc([N+](=O)[O-])cc2[N+](=O)[O-])c2ccc(Cl)c(Cl)c2)c1. The van der Waals surface area contributed by atoms with Gasteiger partial charge in [0.25, 0.3) is 5.69 Å². The van der Waals surface area contributed by atoms with Crippen molar-refractivity contribution < 1.29 is 14.4 Å². The average Bonchev–Trinajstić information content (AvgIpc) is 2.78. The van der Waals surface area contributed by atoms with E-state index in [1.165, 1.54) is 12.1 Å². The van der Waals surface area contributed by atoms with Crippen LogP contribution in [0.3, 0.4) is 0 Å². The first-order valence-electron chi connectivity index (χ1n) is 9.47. The Morgan fingerprint density at radius 2 is 1.84 bits per heavy atom. The second-order valence-corrected chi connectivity index (χ2v) is 7.57. The maximum Gasteiger partial charge on any atom is 0.301 e. The molecule has 0 radical (unpaired) electrons. The molecule has 0 unspecified atom stereocenters. The maximum atomic E-state index is 11.4. The number of nitrogens with zero attached hydrogens (tertiary/aromatic N) is 4. The predicted octanol–water partition coefficient (Wildman–Crippen LogP) is 5.18. The molecule has 0 aliphatic heterocycles. The van der Waals surface area contributed by atoms with Crippen LogP contribution >= 0.6 is 23.2 Å². The van der Waals surface area contributed by atoms with Gasteiger partial charge in [0, 0.05) is 23.3 Å². The first-order valence-corrected chi connectivity index (χ1v) is 10.2. The number of hydrogen-bond donors (Lipinski definition) is 1.